The van der Waals surface area contributed by atoms with E-state index in [-0.39, 0.29) is 17.2 Å². The summed E-state index contributed by atoms with van der Waals surface area (Å²) in [5, 5.41) is 28.7. The molecule has 0 aliphatic heterocycles. The van der Waals surface area contributed by atoms with Crippen molar-refractivity contribution in [2.75, 3.05) is 0 Å². The third-order valence-electron chi connectivity index (χ3n) is 3.45. The Morgan fingerprint density at radius 2 is 2.04 bits per heavy atom. The van der Waals surface area contributed by atoms with Gasteiger partial charge in [-0.05, 0) is 25.1 Å². The van der Waals surface area contributed by atoms with Gasteiger partial charge in [0.2, 0.25) is 0 Å². The highest BCUT2D eigenvalue weighted by atomic mass is 35.5. The number of aliphatic hydroxyl groups excluding tert-OH is 1. The molecule has 120 valence electrons. The second-order valence-corrected chi connectivity index (χ2v) is 5.42. The fourth-order valence-electron chi connectivity index (χ4n) is 2.31. The van der Waals surface area contributed by atoms with Crippen LogP contribution in [0.5, 0.6) is 0 Å². The van der Waals surface area contributed by atoms with E-state index in [1.54, 1.807) is 38.5 Å². The first-order valence-electron chi connectivity index (χ1n) is 7.03. The zero-order chi connectivity index (χ0) is 17.3. The fourth-order valence-corrected chi connectivity index (χ4v) is 2.56. The highest BCUT2D eigenvalue weighted by molar-refractivity contribution is 6.33. The summed E-state index contributed by atoms with van der Waals surface area (Å²) < 4.78 is 2.71. The van der Waals surface area contributed by atoms with E-state index in [9.17, 15) is 10.4 Å². The number of rotatable bonds is 3. The van der Waals surface area contributed by atoms with Gasteiger partial charge in [0.05, 0.1) is 16.4 Å². The summed E-state index contributed by atoms with van der Waals surface area (Å²) in [6.07, 6.45) is 3.24. The van der Waals surface area contributed by atoms with Crippen LogP contribution >= 0.6 is 11.6 Å². The molecule has 0 bridgehead atoms. The monoisotopic (exact) mass is 340 g/mol. The number of nitriles is 1. The number of allylic oxidation sites excluding steroid dienone is 1. The number of pyridine rings is 1. The van der Waals surface area contributed by atoms with E-state index in [1.165, 1.54) is 9.36 Å². The van der Waals surface area contributed by atoms with Gasteiger partial charge in [-0.15, -0.1) is 0 Å². The van der Waals surface area contributed by atoms with Gasteiger partial charge in [-0.3, -0.25) is 9.67 Å². The van der Waals surface area contributed by atoms with Crippen molar-refractivity contribution in [2.24, 2.45) is 7.05 Å². The van der Waals surface area contributed by atoms with Crippen LogP contribution in [0.1, 0.15) is 11.4 Å². The van der Waals surface area contributed by atoms with Gasteiger partial charge in [-0.25, -0.2) is 4.68 Å². The fraction of sp³-hybridized carbons (Fsp3) is 0.125. The second-order valence-electron chi connectivity index (χ2n) is 5.04. The largest absolute Gasteiger partial charge is 0.503 e. The van der Waals surface area contributed by atoms with Crippen molar-refractivity contribution in [3.8, 4) is 17.5 Å². The van der Waals surface area contributed by atoms with Crippen LogP contribution in [0.3, 0.4) is 0 Å². The first kappa shape index (κ1) is 15.8. The topological polar surface area (TPSA) is 92.5 Å². The number of halogens is 1. The molecule has 0 saturated heterocycles. The standard InChI is InChI=1S/C16H13ClN6O/c1-10-14(17)15(22(2)20-10)16(24)13(9-18)23-8-6-12(21-23)11-5-3-4-7-19-11/h3-8,24H,1-2H3. The Bertz CT molecular complexity index is 964. The summed E-state index contributed by atoms with van der Waals surface area (Å²) in [4.78, 5) is 4.21. The summed E-state index contributed by atoms with van der Waals surface area (Å²) in [6.45, 7) is 1.72. The second kappa shape index (κ2) is 6.18. The van der Waals surface area contributed by atoms with Crippen LogP contribution < -0.4 is 0 Å². The van der Waals surface area contributed by atoms with E-state index < -0.39 is 0 Å². The van der Waals surface area contributed by atoms with Gasteiger partial charge >= 0.3 is 0 Å². The summed E-state index contributed by atoms with van der Waals surface area (Å²) in [7, 11) is 1.64. The summed E-state index contributed by atoms with van der Waals surface area (Å²) in [6, 6.07) is 9.13. The Hall–Kier alpha value is -3.11. The van der Waals surface area contributed by atoms with E-state index in [0.29, 0.717) is 22.1 Å². The van der Waals surface area contributed by atoms with Crippen molar-refractivity contribution in [2.45, 2.75) is 6.92 Å². The van der Waals surface area contributed by atoms with Crippen molar-refractivity contribution >= 4 is 23.1 Å². The van der Waals surface area contributed by atoms with E-state index in [2.05, 4.69) is 15.2 Å². The molecule has 3 heterocycles. The summed E-state index contributed by atoms with van der Waals surface area (Å²) in [5.41, 5.74) is 2.03. The Morgan fingerprint density at radius 3 is 2.62 bits per heavy atom. The maximum atomic E-state index is 10.5. The van der Waals surface area contributed by atoms with Crippen molar-refractivity contribution < 1.29 is 5.11 Å². The van der Waals surface area contributed by atoms with Crippen LogP contribution in [-0.4, -0.2) is 29.7 Å². The van der Waals surface area contributed by atoms with E-state index >= 15 is 0 Å². The molecule has 8 heteroatoms. The minimum Gasteiger partial charge on any atom is -0.503 e. The Labute approximate surface area is 143 Å². The third kappa shape index (κ3) is 2.64. The molecule has 0 unspecified atom stereocenters. The van der Waals surface area contributed by atoms with E-state index in [0.717, 1.165) is 0 Å². The van der Waals surface area contributed by atoms with Gasteiger partial charge < -0.3 is 5.11 Å². The molecule has 0 aliphatic carbocycles. The van der Waals surface area contributed by atoms with Crippen LogP contribution in [0.25, 0.3) is 22.8 Å². The first-order valence-corrected chi connectivity index (χ1v) is 7.41. The zero-order valence-corrected chi connectivity index (χ0v) is 13.7. The van der Waals surface area contributed by atoms with Gasteiger partial charge in [0.25, 0.3) is 0 Å². The molecule has 7 nitrogen and oxygen atoms in total. The highest BCUT2D eigenvalue weighted by Gasteiger charge is 2.20. The molecule has 0 fully saturated rings. The average molecular weight is 341 g/mol. The molecular weight excluding hydrogens is 328 g/mol. The molecule has 3 rings (SSSR count). The number of nitrogens with zero attached hydrogens (tertiary/aromatic N) is 6. The maximum absolute atomic E-state index is 10.5. The molecule has 0 radical (unpaired) electrons. The molecule has 0 atom stereocenters. The van der Waals surface area contributed by atoms with Gasteiger partial charge in [0, 0.05) is 19.4 Å². The lowest BCUT2D eigenvalue weighted by atomic mass is 10.2. The van der Waals surface area contributed by atoms with Gasteiger partial charge in [0.1, 0.15) is 17.5 Å². The van der Waals surface area contributed by atoms with Crippen molar-refractivity contribution in [1.29, 1.82) is 5.26 Å². The predicted octanol–water partition coefficient (Wildman–Crippen LogP) is 3.05. The van der Waals surface area contributed by atoms with E-state index in [1.807, 2.05) is 18.2 Å². The van der Waals surface area contributed by atoms with Crippen LogP contribution in [0, 0.1) is 18.3 Å². The van der Waals surface area contributed by atoms with Gasteiger partial charge in [0.15, 0.2) is 11.5 Å². The molecule has 0 aromatic carbocycles. The molecule has 3 aromatic rings. The number of aliphatic hydroxyl groups is 1. The van der Waals surface area contributed by atoms with Crippen LogP contribution in [0.2, 0.25) is 5.02 Å². The molecule has 0 amide bonds. The molecule has 24 heavy (non-hydrogen) atoms. The maximum Gasteiger partial charge on any atom is 0.186 e. The molecule has 0 spiro atoms. The van der Waals surface area contributed by atoms with E-state index in [4.69, 9.17) is 11.6 Å². The molecule has 0 aliphatic rings. The van der Waals surface area contributed by atoms with Crippen LogP contribution in [0.4, 0.5) is 0 Å². The van der Waals surface area contributed by atoms with Crippen molar-refractivity contribution in [1.82, 2.24) is 24.5 Å². The SMILES string of the molecule is Cc1nn(C)c(C(O)=C(C#N)n2ccc(-c3ccccn3)n2)c1Cl. The summed E-state index contributed by atoms with van der Waals surface area (Å²) in [5.74, 6) is -0.290. The molecule has 1 N–H and O–H groups in total. The minimum atomic E-state index is -0.290. The van der Waals surface area contributed by atoms with Crippen LogP contribution in [-0.2, 0) is 7.05 Å². The number of aryl methyl sites for hydroxylation is 2. The Kier molecular flexibility index (Phi) is 4.06. The Morgan fingerprint density at radius 1 is 1.25 bits per heavy atom. The highest BCUT2D eigenvalue weighted by Crippen LogP contribution is 2.28. The van der Waals surface area contributed by atoms with Gasteiger partial charge in [-0.1, -0.05) is 17.7 Å². The molecule has 3 aromatic heterocycles. The number of hydrogen-bond acceptors (Lipinski definition) is 5. The third-order valence-corrected chi connectivity index (χ3v) is 3.90. The lowest BCUT2D eigenvalue weighted by molar-refractivity contribution is 0.500. The number of aromatic nitrogens is 5. The van der Waals surface area contributed by atoms with Crippen LogP contribution in [0.15, 0.2) is 36.7 Å². The Balaban J connectivity index is 2.10. The zero-order valence-electron chi connectivity index (χ0n) is 13.0. The summed E-state index contributed by atoms with van der Waals surface area (Å²) >= 11 is 6.17. The average Bonchev–Trinajstić information content (AvgIpc) is 3.15. The first-order chi connectivity index (χ1) is 11.5. The quantitative estimate of drug-likeness (QED) is 0.584. The normalized spacial score (nSPS) is 11.9. The van der Waals surface area contributed by atoms with Gasteiger partial charge in [-0.2, -0.15) is 15.5 Å². The lowest BCUT2D eigenvalue weighted by Gasteiger charge is -2.05. The van der Waals surface area contributed by atoms with Crippen molar-refractivity contribution in [3.63, 3.8) is 0 Å². The predicted molar refractivity (Wildman–Crippen MR) is 89.8 cm³/mol. The smallest absolute Gasteiger partial charge is 0.186 e. The lowest BCUT2D eigenvalue weighted by Crippen LogP contribution is -2.04. The van der Waals surface area contributed by atoms with Crippen molar-refractivity contribution in [3.05, 3.63) is 53.1 Å². The molecular formula is C16H13ClN6O. The minimum absolute atomic E-state index is 0.0536. The molecule has 0 saturated carbocycles. The number of hydrogen-bond donors (Lipinski definition) is 1.